The first-order valence-corrected chi connectivity index (χ1v) is 11.9. The van der Waals surface area contributed by atoms with E-state index in [2.05, 4.69) is 33.9 Å². The van der Waals surface area contributed by atoms with E-state index in [0.29, 0.717) is 6.42 Å². The van der Waals surface area contributed by atoms with Gasteiger partial charge in [-0.1, -0.05) is 63.2 Å². The summed E-state index contributed by atoms with van der Waals surface area (Å²) in [6.07, 6.45) is 0.590. The van der Waals surface area contributed by atoms with E-state index >= 15 is 0 Å². The molecule has 2 rings (SSSR count). The number of carbonyl (C=O) groups excluding carboxylic acids is 1. The number of carbonyl (C=O) groups is 1. The van der Waals surface area contributed by atoms with Crippen molar-refractivity contribution in [3.63, 3.8) is 0 Å². The average molecular weight is 375 g/mol. The van der Waals surface area contributed by atoms with Crippen molar-refractivity contribution in [1.82, 2.24) is 0 Å². The Kier molecular flexibility index (Phi) is 6.12. The zero-order valence-corrected chi connectivity index (χ0v) is 17.4. The fourth-order valence-electron chi connectivity index (χ4n) is 2.39. The fraction of sp³-hybridized carbons (Fsp3) is 0.381. The van der Waals surface area contributed by atoms with Crippen LogP contribution in [0.2, 0.25) is 18.1 Å². The van der Waals surface area contributed by atoms with Crippen LogP contribution in [0.25, 0.3) is 0 Å². The SMILES string of the molecule is CC(C)(C)[Si](C)(C)Oc1ccc(CC(C(=O)Cl)c2ccccc2)cc1. The Bertz CT molecular complexity index is 703. The van der Waals surface area contributed by atoms with Gasteiger partial charge in [0.15, 0.2) is 0 Å². The third kappa shape index (κ3) is 5.19. The number of hydrogen-bond donors (Lipinski definition) is 0. The zero-order valence-electron chi connectivity index (χ0n) is 15.7. The lowest BCUT2D eigenvalue weighted by atomic mass is 9.93. The molecular weight excluding hydrogens is 348 g/mol. The number of halogens is 1. The molecule has 1 atom stereocenters. The lowest BCUT2D eigenvalue weighted by molar-refractivity contribution is -0.113. The van der Waals surface area contributed by atoms with Crippen molar-refractivity contribution < 1.29 is 9.22 Å². The Morgan fingerprint density at radius 3 is 2.08 bits per heavy atom. The van der Waals surface area contributed by atoms with Crippen molar-refractivity contribution in [1.29, 1.82) is 0 Å². The van der Waals surface area contributed by atoms with E-state index in [1.165, 1.54) is 0 Å². The average Bonchev–Trinajstić information content (AvgIpc) is 2.53. The Morgan fingerprint density at radius 2 is 1.60 bits per heavy atom. The molecule has 4 heteroatoms. The molecule has 1 unspecified atom stereocenters. The van der Waals surface area contributed by atoms with Gasteiger partial charge in [0.2, 0.25) is 13.6 Å². The summed E-state index contributed by atoms with van der Waals surface area (Å²) in [6.45, 7) is 11.1. The molecule has 2 aromatic carbocycles. The lowest BCUT2D eigenvalue weighted by Gasteiger charge is -2.36. The van der Waals surface area contributed by atoms with Crippen LogP contribution in [0.5, 0.6) is 5.75 Å². The number of benzene rings is 2. The van der Waals surface area contributed by atoms with Crippen molar-refractivity contribution in [2.75, 3.05) is 0 Å². The van der Waals surface area contributed by atoms with Gasteiger partial charge in [0, 0.05) is 0 Å². The van der Waals surface area contributed by atoms with Crippen LogP contribution in [0.1, 0.15) is 37.8 Å². The van der Waals surface area contributed by atoms with Crippen molar-refractivity contribution >= 4 is 25.2 Å². The van der Waals surface area contributed by atoms with E-state index in [4.69, 9.17) is 16.0 Å². The molecule has 25 heavy (non-hydrogen) atoms. The summed E-state index contributed by atoms with van der Waals surface area (Å²) in [5.41, 5.74) is 2.02. The third-order valence-electron chi connectivity index (χ3n) is 5.02. The third-order valence-corrected chi connectivity index (χ3v) is 9.64. The maximum absolute atomic E-state index is 11.9. The molecule has 0 saturated heterocycles. The Hall–Kier alpha value is -1.58. The summed E-state index contributed by atoms with van der Waals surface area (Å²) in [7, 11) is -1.84. The predicted molar refractivity (Wildman–Crippen MR) is 108 cm³/mol. The molecule has 0 saturated carbocycles. The summed E-state index contributed by atoms with van der Waals surface area (Å²) in [4.78, 5) is 11.9. The Balaban J connectivity index is 2.13. The molecule has 0 spiro atoms. The smallest absolute Gasteiger partial charge is 0.250 e. The van der Waals surface area contributed by atoms with Gasteiger partial charge in [-0.2, -0.15) is 0 Å². The van der Waals surface area contributed by atoms with Crippen molar-refractivity contribution in [2.24, 2.45) is 0 Å². The molecule has 2 nitrogen and oxygen atoms in total. The van der Waals surface area contributed by atoms with Gasteiger partial charge in [-0.15, -0.1) is 0 Å². The van der Waals surface area contributed by atoms with E-state index in [9.17, 15) is 4.79 Å². The molecule has 0 bridgehead atoms. The molecule has 0 aromatic heterocycles. The largest absolute Gasteiger partial charge is 0.544 e. The van der Waals surface area contributed by atoms with Crippen molar-refractivity contribution in [2.45, 2.75) is 51.2 Å². The highest BCUT2D eigenvalue weighted by molar-refractivity contribution is 6.74. The van der Waals surface area contributed by atoms with Crippen molar-refractivity contribution in [3.05, 3.63) is 65.7 Å². The minimum Gasteiger partial charge on any atom is -0.544 e. The van der Waals surface area contributed by atoms with Crippen LogP contribution in [0, 0.1) is 0 Å². The highest BCUT2D eigenvalue weighted by Gasteiger charge is 2.38. The summed E-state index contributed by atoms with van der Waals surface area (Å²) < 4.78 is 6.30. The molecule has 0 aliphatic heterocycles. The first-order valence-electron chi connectivity index (χ1n) is 8.62. The highest BCUT2D eigenvalue weighted by atomic mass is 35.5. The Labute approximate surface area is 157 Å². The summed E-state index contributed by atoms with van der Waals surface area (Å²) in [6, 6.07) is 17.7. The van der Waals surface area contributed by atoms with Gasteiger partial charge >= 0.3 is 0 Å². The van der Waals surface area contributed by atoms with E-state index in [-0.39, 0.29) is 16.2 Å². The normalized spacial score (nSPS) is 13.4. The van der Waals surface area contributed by atoms with Crippen LogP contribution in [-0.4, -0.2) is 13.6 Å². The molecule has 0 heterocycles. The number of rotatable bonds is 6. The second-order valence-corrected chi connectivity index (χ2v) is 13.1. The van der Waals surface area contributed by atoms with Crippen LogP contribution < -0.4 is 4.43 Å². The summed E-state index contributed by atoms with van der Waals surface area (Å²) in [5, 5.41) is -0.164. The molecule has 0 N–H and O–H groups in total. The quantitative estimate of drug-likeness (QED) is 0.447. The molecule has 0 aliphatic rings. The predicted octanol–water partition coefficient (Wildman–Crippen LogP) is 6.16. The van der Waals surface area contributed by atoms with E-state index in [1.54, 1.807) is 0 Å². The first kappa shape index (κ1) is 19.7. The molecule has 0 radical (unpaired) electrons. The van der Waals surface area contributed by atoms with Gasteiger partial charge < -0.3 is 4.43 Å². The molecule has 0 fully saturated rings. The minimum atomic E-state index is -1.84. The van der Waals surface area contributed by atoms with Gasteiger partial charge in [-0.3, -0.25) is 4.79 Å². The van der Waals surface area contributed by atoms with Gasteiger partial charge in [0.05, 0.1) is 5.92 Å². The maximum atomic E-state index is 11.9. The minimum absolute atomic E-state index is 0.162. The first-order chi connectivity index (χ1) is 11.6. The second kappa shape index (κ2) is 7.75. The molecular formula is C21H27ClO2Si. The highest BCUT2D eigenvalue weighted by Crippen LogP contribution is 2.37. The van der Waals surface area contributed by atoms with E-state index in [0.717, 1.165) is 16.9 Å². The molecule has 134 valence electrons. The molecule has 0 aliphatic carbocycles. The van der Waals surface area contributed by atoms with E-state index in [1.807, 2.05) is 54.6 Å². The van der Waals surface area contributed by atoms with Gasteiger partial charge in [-0.25, -0.2) is 0 Å². The zero-order chi connectivity index (χ0) is 18.7. The standard InChI is InChI=1S/C21H27ClO2Si/c1-21(2,3)25(4,5)24-18-13-11-16(12-14-18)15-19(20(22)23)17-9-7-6-8-10-17/h6-14,19H,15H2,1-5H3. The van der Waals surface area contributed by atoms with Gasteiger partial charge in [-0.05, 0) is 59.4 Å². The van der Waals surface area contributed by atoms with Gasteiger partial charge in [0.1, 0.15) is 5.75 Å². The topological polar surface area (TPSA) is 26.3 Å². The second-order valence-electron chi connectivity index (χ2n) is 7.98. The van der Waals surface area contributed by atoms with Crippen LogP contribution in [-0.2, 0) is 11.2 Å². The summed E-state index contributed by atoms with van der Waals surface area (Å²) >= 11 is 5.84. The van der Waals surface area contributed by atoms with Crippen LogP contribution >= 0.6 is 11.6 Å². The van der Waals surface area contributed by atoms with Crippen LogP contribution in [0.3, 0.4) is 0 Å². The molecule has 2 aromatic rings. The van der Waals surface area contributed by atoms with Crippen LogP contribution in [0.15, 0.2) is 54.6 Å². The van der Waals surface area contributed by atoms with Gasteiger partial charge in [0.25, 0.3) is 0 Å². The molecule has 0 amide bonds. The van der Waals surface area contributed by atoms with E-state index < -0.39 is 8.32 Å². The van der Waals surface area contributed by atoms with Crippen molar-refractivity contribution in [3.8, 4) is 5.75 Å². The number of hydrogen-bond acceptors (Lipinski definition) is 2. The fourth-order valence-corrected chi connectivity index (χ4v) is 3.63. The monoisotopic (exact) mass is 374 g/mol. The Morgan fingerprint density at radius 1 is 1.04 bits per heavy atom. The maximum Gasteiger partial charge on any atom is 0.250 e. The summed E-state index contributed by atoms with van der Waals surface area (Å²) in [5.74, 6) is 0.568. The lowest BCUT2D eigenvalue weighted by Crippen LogP contribution is -2.43. The van der Waals surface area contributed by atoms with Crippen LogP contribution in [0.4, 0.5) is 0 Å².